The van der Waals surface area contributed by atoms with Gasteiger partial charge >= 0.3 is 0 Å². The highest BCUT2D eigenvalue weighted by Gasteiger charge is 2.19. The molecule has 0 bridgehead atoms. The standard InChI is InChI=1S/C16H19N3O2.C2H6/c20-15-7-4-8-17-16(15)21-13-18-9-11-19(12-10-18)14-5-2-1-3-6-14;1-2/h1-6,8H,7,9-13H2;1-2H3. The van der Waals surface area contributed by atoms with Crippen LogP contribution in [0.4, 0.5) is 5.69 Å². The summed E-state index contributed by atoms with van der Waals surface area (Å²) in [5, 5.41) is 0. The molecule has 1 aromatic carbocycles. The third-order valence-electron chi connectivity index (χ3n) is 3.72. The number of rotatable bonds is 3. The normalized spacial score (nSPS) is 18.1. The molecular weight excluding hydrogens is 290 g/mol. The number of piperazine rings is 1. The maximum atomic E-state index is 11.6. The van der Waals surface area contributed by atoms with Crippen LogP contribution in [0.5, 0.6) is 0 Å². The molecule has 0 radical (unpaired) electrons. The number of hydrogen-bond donors (Lipinski definition) is 0. The van der Waals surface area contributed by atoms with E-state index < -0.39 is 0 Å². The SMILES string of the molecule is CC.O=C1CC=CN=C1OCN1CCN(c2ccccc2)CC1. The number of carbonyl (C=O) groups is 1. The van der Waals surface area contributed by atoms with E-state index in [-0.39, 0.29) is 11.7 Å². The average Bonchev–Trinajstić information content (AvgIpc) is 2.64. The topological polar surface area (TPSA) is 45.1 Å². The van der Waals surface area contributed by atoms with Crippen LogP contribution in [-0.4, -0.2) is 49.5 Å². The predicted octanol–water partition coefficient (Wildman–Crippen LogP) is 2.69. The van der Waals surface area contributed by atoms with Gasteiger partial charge in [-0.15, -0.1) is 0 Å². The minimum Gasteiger partial charge on any atom is -0.459 e. The zero-order chi connectivity index (χ0) is 16.5. The molecule has 3 rings (SSSR count). The molecule has 1 saturated heterocycles. The van der Waals surface area contributed by atoms with Gasteiger partial charge in [-0.05, 0) is 12.1 Å². The molecule has 2 aliphatic heterocycles. The molecule has 0 amide bonds. The van der Waals surface area contributed by atoms with Gasteiger partial charge in [0.1, 0.15) is 6.73 Å². The molecule has 0 atom stereocenters. The summed E-state index contributed by atoms with van der Waals surface area (Å²) in [6.07, 6.45) is 3.76. The minimum atomic E-state index is -0.0413. The molecule has 0 saturated carbocycles. The van der Waals surface area contributed by atoms with E-state index in [2.05, 4.69) is 39.1 Å². The molecule has 0 spiro atoms. The lowest BCUT2D eigenvalue weighted by molar-refractivity contribution is -0.114. The van der Waals surface area contributed by atoms with Gasteiger partial charge in [0.25, 0.3) is 5.90 Å². The number of hydrogen-bond acceptors (Lipinski definition) is 5. The fourth-order valence-corrected chi connectivity index (χ4v) is 2.48. The lowest BCUT2D eigenvalue weighted by Gasteiger charge is -2.35. The second-order valence-corrected chi connectivity index (χ2v) is 5.16. The first kappa shape index (κ1) is 17.2. The van der Waals surface area contributed by atoms with E-state index in [1.165, 1.54) is 5.69 Å². The van der Waals surface area contributed by atoms with Gasteiger partial charge in [0.05, 0.1) is 0 Å². The molecule has 2 heterocycles. The summed E-state index contributed by atoms with van der Waals surface area (Å²) in [6, 6.07) is 10.4. The molecule has 1 aromatic rings. The highest BCUT2D eigenvalue weighted by Crippen LogP contribution is 2.15. The summed E-state index contributed by atoms with van der Waals surface area (Å²) in [6.45, 7) is 8.21. The molecule has 5 nitrogen and oxygen atoms in total. The van der Waals surface area contributed by atoms with Crippen LogP contribution >= 0.6 is 0 Å². The van der Waals surface area contributed by atoms with Crippen molar-refractivity contribution in [3.05, 3.63) is 42.6 Å². The Morgan fingerprint density at radius 3 is 2.43 bits per heavy atom. The van der Waals surface area contributed by atoms with Crippen LogP contribution in [0.2, 0.25) is 0 Å². The number of anilines is 1. The lowest BCUT2D eigenvalue weighted by atomic mass is 10.2. The van der Waals surface area contributed by atoms with Crippen molar-refractivity contribution < 1.29 is 9.53 Å². The highest BCUT2D eigenvalue weighted by molar-refractivity contribution is 6.37. The van der Waals surface area contributed by atoms with Gasteiger partial charge in [-0.25, -0.2) is 4.99 Å². The monoisotopic (exact) mass is 315 g/mol. The first-order valence-electron chi connectivity index (χ1n) is 8.24. The third kappa shape index (κ3) is 4.93. The van der Waals surface area contributed by atoms with Crippen LogP contribution in [0.1, 0.15) is 20.3 Å². The van der Waals surface area contributed by atoms with Gasteiger partial charge in [0.2, 0.25) is 5.78 Å². The van der Waals surface area contributed by atoms with E-state index in [0.29, 0.717) is 13.2 Å². The quantitative estimate of drug-likeness (QED) is 0.860. The number of ether oxygens (including phenoxy) is 1. The Hall–Kier alpha value is -2.14. The molecule has 2 aliphatic rings. The largest absolute Gasteiger partial charge is 0.459 e. The van der Waals surface area contributed by atoms with Crippen LogP contribution < -0.4 is 4.90 Å². The first-order chi connectivity index (χ1) is 11.3. The van der Waals surface area contributed by atoms with Gasteiger partial charge in [-0.2, -0.15) is 0 Å². The Labute approximate surface area is 138 Å². The van der Waals surface area contributed by atoms with E-state index >= 15 is 0 Å². The number of benzene rings is 1. The van der Waals surface area contributed by atoms with E-state index in [0.717, 1.165) is 26.2 Å². The second kappa shape index (κ2) is 9.10. The molecule has 0 unspecified atom stereocenters. The van der Waals surface area contributed by atoms with Crippen molar-refractivity contribution in [1.82, 2.24) is 4.90 Å². The van der Waals surface area contributed by atoms with E-state index in [4.69, 9.17) is 4.74 Å². The molecule has 0 aromatic heterocycles. The van der Waals surface area contributed by atoms with Crippen molar-refractivity contribution in [2.24, 2.45) is 4.99 Å². The van der Waals surface area contributed by atoms with Crippen molar-refractivity contribution in [2.75, 3.05) is 37.8 Å². The Morgan fingerprint density at radius 2 is 1.78 bits per heavy atom. The number of Topliss-reactive ketones (excluding diaryl/α,β-unsaturated/α-hetero) is 1. The van der Waals surface area contributed by atoms with Crippen LogP contribution in [-0.2, 0) is 9.53 Å². The van der Waals surface area contributed by atoms with E-state index in [9.17, 15) is 4.79 Å². The highest BCUT2D eigenvalue weighted by atomic mass is 16.5. The predicted molar refractivity (Wildman–Crippen MR) is 93.7 cm³/mol. The van der Waals surface area contributed by atoms with Gasteiger partial charge < -0.3 is 9.64 Å². The summed E-state index contributed by atoms with van der Waals surface area (Å²) in [7, 11) is 0. The minimum absolute atomic E-state index is 0.0413. The molecular formula is C18H25N3O2. The number of ketones is 1. The van der Waals surface area contributed by atoms with Crippen LogP contribution in [0.15, 0.2) is 47.6 Å². The number of aliphatic imine (C=N–C) groups is 1. The lowest BCUT2D eigenvalue weighted by Crippen LogP contribution is -2.47. The Bertz CT molecular complexity index is 547. The van der Waals surface area contributed by atoms with Crippen molar-refractivity contribution in [1.29, 1.82) is 0 Å². The van der Waals surface area contributed by atoms with Gasteiger partial charge in [-0.1, -0.05) is 38.1 Å². The number of nitrogens with zero attached hydrogens (tertiary/aromatic N) is 3. The Morgan fingerprint density at radius 1 is 1.09 bits per heavy atom. The Balaban J connectivity index is 0.000000924. The smallest absolute Gasteiger partial charge is 0.259 e. The fourth-order valence-electron chi connectivity index (χ4n) is 2.48. The van der Waals surface area contributed by atoms with Crippen molar-refractivity contribution >= 4 is 17.4 Å². The van der Waals surface area contributed by atoms with Crippen LogP contribution in [0, 0.1) is 0 Å². The Kier molecular flexibility index (Phi) is 6.81. The molecule has 0 aliphatic carbocycles. The number of carbonyl (C=O) groups excluding carboxylic acids is 1. The molecule has 0 N–H and O–H groups in total. The maximum absolute atomic E-state index is 11.6. The van der Waals surface area contributed by atoms with Crippen LogP contribution in [0.3, 0.4) is 0 Å². The summed E-state index contributed by atoms with van der Waals surface area (Å²) >= 11 is 0. The second-order valence-electron chi connectivity index (χ2n) is 5.16. The molecule has 1 fully saturated rings. The molecule has 23 heavy (non-hydrogen) atoms. The fraction of sp³-hybridized carbons (Fsp3) is 0.444. The average molecular weight is 315 g/mol. The number of allylic oxidation sites excluding steroid dienone is 1. The van der Waals surface area contributed by atoms with Crippen molar-refractivity contribution in [3.8, 4) is 0 Å². The van der Waals surface area contributed by atoms with Crippen molar-refractivity contribution in [2.45, 2.75) is 20.3 Å². The van der Waals surface area contributed by atoms with E-state index in [1.54, 1.807) is 12.3 Å². The summed E-state index contributed by atoms with van der Waals surface area (Å²) in [4.78, 5) is 20.1. The van der Waals surface area contributed by atoms with Crippen molar-refractivity contribution in [3.63, 3.8) is 0 Å². The van der Waals surface area contributed by atoms with Crippen LogP contribution in [0.25, 0.3) is 0 Å². The molecule has 124 valence electrons. The zero-order valence-electron chi connectivity index (χ0n) is 13.9. The van der Waals surface area contributed by atoms with Gasteiger partial charge in [0.15, 0.2) is 0 Å². The van der Waals surface area contributed by atoms with Gasteiger partial charge in [-0.3, -0.25) is 9.69 Å². The summed E-state index contributed by atoms with van der Waals surface area (Å²) < 4.78 is 5.53. The zero-order valence-corrected chi connectivity index (χ0v) is 13.9. The molecule has 5 heteroatoms. The van der Waals surface area contributed by atoms with Gasteiger partial charge in [0, 0.05) is 44.5 Å². The number of para-hydroxylation sites is 1. The first-order valence-corrected chi connectivity index (χ1v) is 8.24. The summed E-state index contributed by atoms with van der Waals surface area (Å²) in [5.74, 6) is 0.198. The van der Waals surface area contributed by atoms with E-state index in [1.807, 2.05) is 19.9 Å². The summed E-state index contributed by atoms with van der Waals surface area (Å²) in [5.41, 5.74) is 1.26. The third-order valence-corrected chi connectivity index (χ3v) is 3.72. The maximum Gasteiger partial charge on any atom is 0.259 e.